The van der Waals surface area contributed by atoms with Crippen molar-refractivity contribution < 1.29 is 4.74 Å². The van der Waals surface area contributed by atoms with Crippen molar-refractivity contribution in [3.05, 3.63) is 28.8 Å². The van der Waals surface area contributed by atoms with Gasteiger partial charge in [0.2, 0.25) is 0 Å². The monoisotopic (exact) mass is 209 g/mol. The van der Waals surface area contributed by atoms with Crippen LogP contribution in [0.1, 0.15) is 5.56 Å². The summed E-state index contributed by atoms with van der Waals surface area (Å²) in [6, 6.07) is 5.89. The van der Waals surface area contributed by atoms with Gasteiger partial charge in [-0.25, -0.2) is 0 Å². The molecular formula is C11H12ClNO. The van der Waals surface area contributed by atoms with Crippen molar-refractivity contribution in [2.75, 3.05) is 13.1 Å². The molecule has 1 N–H and O–H groups in total. The van der Waals surface area contributed by atoms with Crippen LogP contribution in [0.3, 0.4) is 0 Å². The van der Waals surface area contributed by atoms with E-state index in [1.165, 1.54) is 5.56 Å². The smallest absolute Gasteiger partial charge is 0.123 e. The van der Waals surface area contributed by atoms with E-state index < -0.39 is 0 Å². The third-order valence-electron chi connectivity index (χ3n) is 3.06. The van der Waals surface area contributed by atoms with Gasteiger partial charge in [-0.15, -0.1) is 0 Å². The van der Waals surface area contributed by atoms with Gasteiger partial charge in [-0.2, -0.15) is 0 Å². The molecule has 1 aromatic rings. The average molecular weight is 210 g/mol. The standard InChI is InChI=1S/C11H12ClNO/c12-9-1-2-10-7(4-9)3-8-5-13-6-11(8)14-10/h1-2,4,8,11,13H,3,5-6H2/t8-,11-/m1/s1. The first kappa shape index (κ1) is 8.57. The largest absolute Gasteiger partial charge is 0.488 e. The van der Waals surface area contributed by atoms with Gasteiger partial charge in [0.05, 0.1) is 0 Å². The zero-order valence-electron chi connectivity index (χ0n) is 7.79. The second-order valence-corrected chi connectivity index (χ2v) is 4.47. The fourth-order valence-electron chi connectivity index (χ4n) is 2.32. The molecule has 1 fully saturated rings. The molecule has 74 valence electrons. The van der Waals surface area contributed by atoms with Gasteiger partial charge in [-0.1, -0.05) is 11.6 Å². The third-order valence-corrected chi connectivity index (χ3v) is 3.30. The Labute approximate surface area is 88.2 Å². The first-order valence-electron chi connectivity index (χ1n) is 4.99. The highest BCUT2D eigenvalue weighted by atomic mass is 35.5. The van der Waals surface area contributed by atoms with Crippen LogP contribution in [0.2, 0.25) is 5.02 Å². The van der Waals surface area contributed by atoms with Gasteiger partial charge in [-0.3, -0.25) is 0 Å². The molecule has 2 aliphatic rings. The molecule has 0 amide bonds. The van der Waals surface area contributed by atoms with Crippen molar-refractivity contribution in [2.45, 2.75) is 12.5 Å². The van der Waals surface area contributed by atoms with Gasteiger partial charge in [-0.05, 0) is 30.2 Å². The van der Waals surface area contributed by atoms with Gasteiger partial charge in [0.1, 0.15) is 11.9 Å². The van der Waals surface area contributed by atoms with E-state index in [1.54, 1.807) is 0 Å². The lowest BCUT2D eigenvalue weighted by Gasteiger charge is -2.27. The van der Waals surface area contributed by atoms with E-state index in [-0.39, 0.29) is 0 Å². The molecule has 3 heteroatoms. The maximum Gasteiger partial charge on any atom is 0.123 e. The van der Waals surface area contributed by atoms with Crippen molar-refractivity contribution in [3.8, 4) is 5.75 Å². The Kier molecular flexibility index (Phi) is 1.92. The van der Waals surface area contributed by atoms with Gasteiger partial charge < -0.3 is 10.1 Å². The van der Waals surface area contributed by atoms with E-state index in [4.69, 9.17) is 16.3 Å². The van der Waals surface area contributed by atoms with Crippen LogP contribution in [0, 0.1) is 5.92 Å². The molecule has 0 bridgehead atoms. The molecule has 1 aromatic carbocycles. The number of nitrogens with one attached hydrogen (secondary N) is 1. The molecule has 2 heterocycles. The molecule has 14 heavy (non-hydrogen) atoms. The highest BCUT2D eigenvalue weighted by Gasteiger charge is 2.33. The lowest BCUT2D eigenvalue weighted by molar-refractivity contribution is 0.153. The van der Waals surface area contributed by atoms with Crippen molar-refractivity contribution in [1.29, 1.82) is 0 Å². The zero-order valence-corrected chi connectivity index (χ0v) is 8.55. The lowest BCUT2D eigenvalue weighted by atomic mass is 9.93. The topological polar surface area (TPSA) is 21.3 Å². The molecular weight excluding hydrogens is 198 g/mol. The Morgan fingerprint density at radius 2 is 2.29 bits per heavy atom. The maximum atomic E-state index is 5.95. The van der Waals surface area contributed by atoms with Crippen molar-refractivity contribution in [3.63, 3.8) is 0 Å². The summed E-state index contributed by atoms with van der Waals surface area (Å²) in [5.74, 6) is 1.64. The van der Waals surface area contributed by atoms with Crippen LogP contribution in [0.5, 0.6) is 5.75 Å². The summed E-state index contributed by atoms with van der Waals surface area (Å²) in [4.78, 5) is 0. The lowest BCUT2D eigenvalue weighted by Crippen LogP contribution is -2.31. The minimum absolute atomic E-state index is 0.365. The molecule has 1 saturated heterocycles. The Bertz CT molecular complexity index is 366. The SMILES string of the molecule is Clc1ccc2c(c1)C[C@@H]1CNC[C@H]1O2. The second kappa shape index (κ2) is 3.14. The summed E-state index contributed by atoms with van der Waals surface area (Å²) in [5, 5.41) is 4.16. The molecule has 0 saturated carbocycles. The third kappa shape index (κ3) is 1.30. The number of hydrogen-bond donors (Lipinski definition) is 1. The van der Waals surface area contributed by atoms with Crippen LogP contribution in [-0.4, -0.2) is 19.2 Å². The zero-order chi connectivity index (χ0) is 9.54. The number of halogens is 1. The summed E-state index contributed by atoms with van der Waals surface area (Å²) in [7, 11) is 0. The quantitative estimate of drug-likeness (QED) is 0.705. The van der Waals surface area contributed by atoms with Crippen molar-refractivity contribution in [1.82, 2.24) is 5.32 Å². The van der Waals surface area contributed by atoms with Gasteiger partial charge >= 0.3 is 0 Å². The highest BCUT2D eigenvalue weighted by Crippen LogP contribution is 2.33. The average Bonchev–Trinajstić information content (AvgIpc) is 2.61. The highest BCUT2D eigenvalue weighted by molar-refractivity contribution is 6.30. The van der Waals surface area contributed by atoms with E-state index in [9.17, 15) is 0 Å². The number of fused-ring (bicyclic) bond motifs is 2. The van der Waals surface area contributed by atoms with E-state index >= 15 is 0 Å². The van der Waals surface area contributed by atoms with Gasteiger partial charge in [0.25, 0.3) is 0 Å². The fraction of sp³-hybridized carbons (Fsp3) is 0.455. The van der Waals surface area contributed by atoms with E-state index in [2.05, 4.69) is 5.32 Å². The Balaban J connectivity index is 1.97. The molecule has 0 unspecified atom stereocenters. The molecule has 2 nitrogen and oxygen atoms in total. The first-order valence-corrected chi connectivity index (χ1v) is 5.36. The van der Waals surface area contributed by atoms with Gasteiger partial charge in [0.15, 0.2) is 0 Å². The van der Waals surface area contributed by atoms with Crippen LogP contribution < -0.4 is 10.1 Å². The molecule has 0 aromatic heterocycles. The molecule has 0 spiro atoms. The maximum absolute atomic E-state index is 5.95. The number of hydrogen-bond acceptors (Lipinski definition) is 2. The number of benzene rings is 1. The van der Waals surface area contributed by atoms with Crippen LogP contribution in [0.15, 0.2) is 18.2 Å². The van der Waals surface area contributed by atoms with Gasteiger partial charge in [0, 0.05) is 24.0 Å². The van der Waals surface area contributed by atoms with E-state index in [0.717, 1.165) is 30.3 Å². The van der Waals surface area contributed by atoms with E-state index in [0.29, 0.717) is 12.0 Å². The Hall–Kier alpha value is -0.730. The van der Waals surface area contributed by atoms with Crippen LogP contribution in [0.25, 0.3) is 0 Å². The number of ether oxygens (including phenoxy) is 1. The van der Waals surface area contributed by atoms with Crippen molar-refractivity contribution in [2.24, 2.45) is 5.92 Å². The molecule has 0 radical (unpaired) electrons. The summed E-state index contributed by atoms with van der Waals surface area (Å²) >= 11 is 5.95. The summed E-state index contributed by atoms with van der Waals surface area (Å²) < 4.78 is 5.89. The predicted octanol–water partition coefficient (Wildman–Crippen LogP) is 1.86. The molecule has 2 aliphatic heterocycles. The molecule has 3 rings (SSSR count). The minimum atomic E-state index is 0.365. The van der Waals surface area contributed by atoms with Crippen molar-refractivity contribution >= 4 is 11.6 Å². The molecule has 0 aliphatic carbocycles. The molecule has 2 atom stereocenters. The number of rotatable bonds is 0. The normalized spacial score (nSPS) is 29.2. The van der Waals surface area contributed by atoms with E-state index in [1.807, 2.05) is 18.2 Å². The van der Waals surface area contributed by atoms with Crippen LogP contribution in [0.4, 0.5) is 0 Å². The summed E-state index contributed by atoms with van der Waals surface area (Å²) in [6.45, 7) is 2.04. The van der Waals surface area contributed by atoms with Crippen LogP contribution in [-0.2, 0) is 6.42 Å². The minimum Gasteiger partial charge on any atom is -0.488 e. The summed E-state index contributed by atoms with van der Waals surface area (Å²) in [5.41, 5.74) is 1.25. The van der Waals surface area contributed by atoms with Crippen LogP contribution >= 0.6 is 11.6 Å². The Morgan fingerprint density at radius 3 is 3.21 bits per heavy atom. The fourth-order valence-corrected chi connectivity index (χ4v) is 2.51. The second-order valence-electron chi connectivity index (χ2n) is 4.03. The predicted molar refractivity (Wildman–Crippen MR) is 55.9 cm³/mol. The Morgan fingerprint density at radius 1 is 1.36 bits per heavy atom. The summed E-state index contributed by atoms with van der Waals surface area (Å²) in [6.07, 6.45) is 1.46. The first-order chi connectivity index (χ1) is 6.83.